The highest BCUT2D eigenvalue weighted by molar-refractivity contribution is 6.08. The number of rotatable bonds is 5. The molecule has 0 unspecified atom stereocenters. The number of nitrogens with two attached hydrogens (primary N) is 1. The van der Waals surface area contributed by atoms with Gasteiger partial charge in [-0.15, -0.1) is 0 Å². The maximum atomic E-state index is 12.6. The van der Waals surface area contributed by atoms with E-state index < -0.39 is 5.91 Å². The number of hydrogen-bond acceptors (Lipinski definition) is 4. The van der Waals surface area contributed by atoms with Gasteiger partial charge in [-0.2, -0.15) is 0 Å². The van der Waals surface area contributed by atoms with Crippen LogP contribution < -0.4 is 5.73 Å². The van der Waals surface area contributed by atoms with Crippen LogP contribution in [0.4, 0.5) is 5.69 Å². The Bertz CT molecular complexity index is 1330. The van der Waals surface area contributed by atoms with E-state index in [2.05, 4.69) is 19.8 Å². The summed E-state index contributed by atoms with van der Waals surface area (Å²) >= 11 is 0. The zero-order valence-electron chi connectivity index (χ0n) is 15.7. The van der Waals surface area contributed by atoms with Crippen LogP contribution in [0.3, 0.4) is 0 Å². The predicted molar refractivity (Wildman–Crippen MR) is 114 cm³/mol. The summed E-state index contributed by atoms with van der Waals surface area (Å²) in [6.07, 6.45) is 7.82. The average molecular weight is 393 g/mol. The molecule has 0 spiro atoms. The van der Waals surface area contributed by atoms with Crippen LogP contribution >= 0.6 is 0 Å². The van der Waals surface area contributed by atoms with Crippen molar-refractivity contribution in [1.29, 1.82) is 0 Å². The molecule has 3 aromatic heterocycles. The van der Waals surface area contributed by atoms with Crippen molar-refractivity contribution >= 4 is 34.5 Å². The monoisotopic (exact) mass is 393 g/mol. The van der Waals surface area contributed by atoms with Crippen molar-refractivity contribution in [3.63, 3.8) is 0 Å². The van der Waals surface area contributed by atoms with Gasteiger partial charge in [0.1, 0.15) is 11.3 Å². The summed E-state index contributed by atoms with van der Waals surface area (Å²) in [6.45, 7) is 6.96. The van der Waals surface area contributed by atoms with Crippen molar-refractivity contribution in [1.82, 2.24) is 15.0 Å². The molecule has 0 aliphatic carbocycles. The molecular formula is C23H15N5O2. The van der Waals surface area contributed by atoms with Crippen molar-refractivity contribution in [3.8, 4) is 11.1 Å². The molecule has 144 valence electrons. The molecule has 3 N–H and O–H groups in total. The van der Waals surface area contributed by atoms with Crippen LogP contribution in [0, 0.1) is 6.57 Å². The number of amides is 1. The number of benzene rings is 1. The number of carbonyl (C=O) groups is 2. The lowest BCUT2D eigenvalue weighted by molar-refractivity contribution is -0.113. The van der Waals surface area contributed by atoms with Crippen molar-refractivity contribution in [2.45, 2.75) is 0 Å². The van der Waals surface area contributed by atoms with Gasteiger partial charge in [-0.3, -0.25) is 14.6 Å². The predicted octanol–water partition coefficient (Wildman–Crippen LogP) is 3.91. The van der Waals surface area contributed by atoms with Gasteiger partial charge in [0.2, 0.25) is 17.4 Å². The average Bonchev–Trinajstić information content (AvgIpc) is 3.19. The molecule has 0 fully saturated rings. The van der Waals surface area contributed by atoms with E-state index in [0.717, 1.165) is 22.1 Å². The molecule has 30 heavy (non-hydrogen) atoms. The second kappa shape index (κ2) is 7.81. The number of carbonyl (C=O) groups excluding carboxylic acids is 2. The lowest BCUT2D eigenvalue weighted by atomic mass is 10.0. The molecule has 0 radical (unpaired) electrons. The van der Waals surface area contributed by atoms with E-state index in [1.807, 2.05) is 18.2 Å². The molecule has 1 amide bonds. The standard InChI is InChI=1S/C23H15N5O2/c1-25-18-7-8-20(26-13-18)22(30)15-4-2-14(3-5-15)17-10-19-16(6-9-21(24)29)11-27-23(19)28-12-17/h2-13H,(H2,24,29)(H,27,28)/b9-6+. The van der Waals surface area contributed by atoms with E-state index in [9.17, 15) is 9.59 Å². The maximum absolute atomic E-state index is 12.6. The van der Waals surface area contributed by atoms with Gasteiger partial charge in [0.05, 0.1) is 6.57 Å². The molecule has 7 heteroatoms. The van der Waals surface area contributed by atoms with Crippen LogP contribution in [0.5, 0.6) is 0 Å². The van der Waals surface area contributed by atoms with Gasteiger partial charge in [0.15, 0.2) is 0 Å². The minimum Gasteiger partial charge on any atom is -0.366 e. The summed E-state index contributed by atoms with van der Waals surface area (Å²) in [4.78, 5) is 38.4. The molecule has 0 saturated carbocycles. The van der Waals surface area contributed by atoms with Crippen LogP contribution in [0.1, 0.15) is 21.6 Å². The molecule has 3 heterocycles. The van der Waals surface area contributed by atoms with E-state index in [1.54, 1.807) is 42.7 Å². The molecular weight excluding hydrogens is 378 g/mol. The fourth-order valence-corrected chi connectivity index (χ4v) is 3.04. The van der Waals surface area contributed by atoms with E-state index in [0.29, 0.717) is 16.9 Å². The number of H-pyrrole nitrogens is 1. The van der Waals surface area contributed by atoms with Crippen molar-refractivity contribution in [2.24, 2.45) is 5.73 Å². The largest absolute Gasteiger partial charge is 0.366 e. The van der Waals surface area contributed by atoms with Crippen LogP contribution in [0.2, 0.25) is 0 Å². The first-order valence-corrected chi connectivity index (χ1v) is 8.98. The highest BCUT2D eigenvalue weighted by atomic mass is 16.1. The van der Waals surface area contributed by atoms with Crippen molar-refractivity contribution in [2.75, 3.05) is 0 Å². The first-order chi connectivity index (χ1) is 14.5. The molecule has 0 aliphatic rings. The Morgan fingerprint density at radius 2 is 1.83 bits per heavy atom. The minimum atomic E-state index is -0.521. The number of nitrogens with zero attached hydrogens (tertiary/aromatic N) is 3. The summed E-state index contributed by atoms with van der Waals surface area (Å²) in [6, 6.07) is 12.2. The van der Waals surface area contributed by atoms with Gasteiger partial charge < -0.3 is 10.7 Å². The number of primary amides is 1. The van der Waals surface area contributed by atoms with Crippen molar-refractivity contribution < 1.29 is 9.59 Å². The van der Waals surface area contributed by atoms with E-state index in [4.69, 9.17) is 12.3 Å². The summed E-state index contributed by atoms with van der Waals surface area (Å²) in [5, 5.41) is 0.856. The first kappa shape index (κ1) is 18.8. The van der Waals surface area contributed by atoms with Gasteiger partial charge in [-0.25, -0.2) is 9.83 Å². The highest BCUT2D eigenvalue weighted by Gasteiger charge is 2.11. The number of hydrogen-bond donors (Lipinski definition) is 2. The second-order valence-corrected chi connectivity index (χ2v) is 6.52. The zero-order chi connectivity index (χ0) is 21.1. The molecule has 0 bridgehead atoms. The minimum absolute atomic E-state index is 0.212. The lowest BCUT2D eigenvalue weighted by Gasteiger charge is -2.05. The first-order valence-electron chi connectivity index (χ1n) is 8.98. The lowest BCUT2D eigenvalue weighted by Crippen LogP contribution is -2.04. The molecule has 1 aromatic carbocycles. The van der Waals surface area contributed by atoms with E-state index in [-0.39, 0.29) is 11.5 Å². The summed E-state index contributed by atoms with van der Waals surface area (Å²) in [5.74, 6) is -0.733. The van der Waals surface area contributed by atoms with E-state index >= 15 is 0 Å². The Morgan fingerprint density at radius 3 is 2.50 bits per heavy atom. The van der Waals surface area contributed by atoms with Crippen LogP contribution in [-0.4, -0.2) is 26.6 Å². The molecule has 4 rings (SSSR count). The van der Waals surface area contributed by atoms with Crippen LogP contribution in [0.25, 0.3) is 33.1 Å². The van der Waals surface area contributed by atoms with Gasteiger partial charge in [-0.1, -0.05) is 30.3 Å². The zero-order valence-corrected chi connectivity index (χ0v) is 15.7. The number of aromatic amines is 1. The number of pyridine rings is 2. The molecule has 4 aromatic rings. The van der Waals surface area contributed by atoms with Crippen LogP contribution in [-0.2, 0) is 4.79 Å². The molecule has 0 saturated heterocycles. The third-order valence-corrected chi connectivity index (χ3v) is 4.58. The molecule has 7 nitrogen and oxygen atoms in total. The Balaban J connectivity index is 1.62. The van der Waals surface area contributed by atoms with Crippen LogP contribution in [0.15, 0.2) is 67.1 Å². The Hall–Kier alpha value is -4.57. The fraction of sp³-hybridized carbons (Fsp3) is 0. The van der Waals surface area contributed by atoms with Gasteiger partial charge in [0, 0.05) is 46.7 Å². The number of fused-ring (bicyclic) bond motifs is 1. The summed E-state index contributed by atoms with van der Waals surface area (Å²) < 4.78 is 0. The molecule has 0 atom stereocenters. The normalized spacial score (nSPS) is 10.9. The van der Waals surface area contributed by atoms with Gasteiger partial charge in [-0.05, 0) is 23.8 Å². The third kappa shape index (κ3) is 3.70. The number of nitrogens with one attached hydrogen (secondary N) is 1. The second-order valence-electron chi connectivity index (χ2n) is 6.52. The Morgan fingerprint density at radius 1 is 1.03 bits per heavy atom. The highest BCUT2D eigenvalue weighted by Crippen LogP contribution is 2.26. The Labute approximate surface area is 171 Å². The number of aromatic nitrogens is 3. The van der Waals surface area contributed by atoms with Gasteiger partial charge in [0.25, 0.3) is 0 Å². The summed E-state index contributed by atoms with van der Waals surface area (Å²) in [7, 11) is 0. The quantitative estimate of drug-likeness (QED) is 0.305. The topological polar surface area (TPSA) is 106 Å². The smallest absolute Gasteiger partial charge is 0.241 e. The van der Waals surface area contributed by atoms with E-state index in [1.165, 1.54) is 12.3 Å². The third-order valence-electron chi connectivity index (χ3n) is 4.58. The fourth-order valence-electron chi connectivity index (χ4n) is 3.04. The maximum Gasteiger partial charge on any atom is 0.241 e. The van der Waals surface area contributed by atoms with Crippen molar-refractivity contribution in [3.05, 3.63) is 95.4 Å². The number of ketones is 1. The SMILES string of the molecule is [C-]#[N+]c1ccc(C(=O)c2ccc(-c3cnc4[nH]cc(/C=C/C(N)=O)c4c3)cc2)nc1. The van der Waals surface area contributed by atoms with Gasteiger partial charge >= 0.3 is 0 Å². The molecule has 0 aliphatic heterocycles. The summed E-state index contributed by atoms with van der Waals surface area (Å²) in [5.41, 5.74) is 9.62. The Kier molecular flexibility index (Phi) is 4.89.